The molecule has 2 aliphatic heterocycles. The van der Waals surface area contributed by atoms with E-state index in [-0.39, 0.29) is 6.61 Å². The molecule has 0 unspecified atom stereocenters. The van der Waals surface area contributed by atoms with Crippen LogP contribution in [0, 0.1) is 13.8 Å². The zero-order valence-electron chi connectivity index (χ0n) is 21.5. The Morgan fingerprint density at radius 3 is 2.32 bits per heavy atom. The molecule has 5 rings (SSSR count). The Labute approximate surface area is 214 Å². The second-order valence-electron chi connectivity index (χ2n) is 9.57. The van der Waals surface area contributed by atoms with Gasteiger partial charge in [-0.05, 0) is 48.2 Å². The molecular weight excluding hydrogens is 476 g/mol. The van der Waals surface area contributed by atoms with Gasteiger partial charge in [0, 0.05) is 49.8 Å². The van der Waals surface area contributed by atoms with Crippen LogP contribution in [0.2, 0.25) is 0 Å². The number of nitrogens with one attached hydrogen (secondary N) is 1. The molecule has 0 aliphatic carbocycles. The number of hydrogen-bond donors (Lipinski definition) is 1. The molecule has 0 bridgehead atoms. The third-order valence-electron chi connectivity index (χ3n) is 7.06. The van der Waals surface area contributed by atoms with Crippen LogP contribution in [0.25, 0.3) is 27.9 Å². The van der Waals surface area contributed by atoms with Crippen LogP contribution in [0.3, 0.4) is 0 Å². The maximum Gasteiger partial charge on any atom is 0.303 e. The number of esters is 3. The van der Waals surface area contributed by atoms with Crippen molar-refractivity contribution >= 4 is 45.8 Å². The average molecular weight is 507 g/mol. The van der Waals surface area contributed by atoms with E-state index in [0.717, 1.165) is 38.7 Å². The van der Waals surface area contributed by atoms with Crippen LogP contribution < -0.4 is 0 Å². The summed E-state index contributed by atoms with van der Waals surface area (Å²) in [6.45, 7) is 8.49. The summed E-state index contributed by atoms with van der Waals surface area (Å²) >= 11 is 0. The normalized spacial score (nSPS) is 23.1. The van der Waals surface area contributed by atoms with Gasteiger partial charge in [-0.2, -0.15) is 0 Å². The van der Waals surface area contributed by atoms with Crippen LogP contribution in [-0.4, -0.2) is 58.9 Å². The molecule has 3 heterocycles. The Balaban J connectivity index is 1.54. The van der Waals surface area contributed by atoms with Gasteiger partial charge in [-0.1, -0.05) is 18.2 Å². The number of fused-ring (bicyclic) bond motifs is 4. The summed E-state index contributed by atoms with van der Waals surface area (Å²) in [5.41, 5.74) is 6.75. The Morgan fingerprint density at radius 1 is 0.946 bits per heavy atom. The fourth-order valence-corrected chi connectivity index (χ4v) is 5.54. The lowest BCUT2D eigenvalue weighted by Crippen LogP contribution is -2.61. The van der Waals surface area contributed by atoms with Crippen LogP contribution in [0.4, 0.5) is 0 Å². The zero-order valence-corrected chi connectivity index (χ0v) is 21.5. The Kier molecular flexibility index (Phi) is 6.41. The number of para-hydroxylation sites is 1. The SMILES string of the molecule is CC(=O)O[C@@H]1[C@@H](OC(C)=O)[C@@H](N2C=Cc3c(c(C)c4c([nH]c5ccccc54)c3C)C2)OC[C@@H]1OC(C)=O. The molecule has 194 valence electrons. The number of nitrogens with zero attached hydrogens (tertiary/aromatic N) is 1. The van der Waals surface area contributed by atoms with Gasteiger partial charge in [0.1, 0.15) is 0 Å². The van der Waals surface area contributed by atoms with E-state index in [0.29, 0.717) is 6.54 Å². The predicted molar refractivity (Wildman–Crippen MR) is 136 cm³/mol. The first-order valence-electron chi connectivity index (χ1n) is 12.3. The fourth-order valence-electron chi connectivity index (χ4n) is 5.54. The highest BCUT2D eigenvalue weighted by atomic mass is 16.6. The van der Waals surface area contributed by atoms with Gasteiger partial charge in [0.25, 0.3) is 0 Å². The van der Waals surface area contributed by atoms with Gasteiger partial charge in [-0.15, -0.1) is 0 Å². The summed E-state index contributed by atoms with van der Waals surface area (Å²) in [4.78, 5) is 41.2. The molecule has 1 N–H and O–H groups in total. The number of carbonyl (C=O) groups excluding carboxylic acids is 3. The van der Waals surface area contributed by atoms with Gasteiger partial charge in [-0.3, -0.25) is 14.4 Å². The summed E-state index contributed by atoms with van der Waals surface area (Å²) in [7, 11) is 0. The predicted octanol–water partition coefficient (Wildman–Crippen LogP) is 3.88. The highest BCUT2D eigenvalue weighted by molar-refractivity contribution is 6.11. The van der Waals surface area contributed by atoms with Crippen molar-refractivity contribution in [2.45, 2.75) is 65.7 Å². The van der Waals surface area contributed by atoms with Crippen molar-refractivity contribution in [2.24, 2.45) is 0 Å². The average Bonchev–Trinajstić information content (AvgIpc) is 3.24. The summed E-state index contributed by atoms with van der Waals surface area (Å²) in [5, 5.41) is 2.34. The van der Waals surface area contributed by atoms with Crippen LogP contribution in [-0.2, 0) is 39.9 Å². The minimum Gasteiger partial charge on any atom is -0.456 e. The van der Waals surface area contributed by atoms with Crippen molar-refractivity contribution in [1.29, 1.82) is 0 Å². The second-order valence-corrected chi connectivity index (χ2v) is 9.57. The van der Waals surface area contributed by atoms with Gasteiger partial charge >= 0.3 is 17.9 Å². The van der Waals surface area contributed by atoms with Crippen molar-refractivity contribution in [3.8, 4) is 0 Å². The van der Waals surface area contributed by atoms with Crippen LogP contribution in [0.5, 0.6) is 0 Å². The first-order chi connectivity index (χ1) is 17.7. The number of aryl methyl sites for hydroxylation is 2. The number of H-pyrrole nitrogens is 1. The highest BCUT2D eigenvalue weighted by Gasteiger charge is 2.49. The molecule has 1 aromatic heterocycles. The van der Waals surface area contributed by atoms with E-state index >= 15 is 0 Å². The minimum atomic E-state index is -1.02. The third kappa shape index (κ3) is 4.44. The van der Waals surface area contributed by atoms with Crippen molar-refractivity contribution < 1.29 is 33.3 Å². The molecule has 4 atom stereocenters. The topological polar surface area (TPSA) is 107 Å². The highest BCUT2D eigenvalue weighted by Crippen LogP contribution is 2.39. The van der Waals surface area contributed by atoms with Crippen molar-refractivity contribution in [2.75, 3.05) is 6.61 Å². The standard InChI is InChI=1S/C28H30N2O7/c1-14-21-12-30(11-10-19(21)15(2)25-24(14)20-8-6-7-9-22(20)29-25)28-27(37-18(5)33)26(36-17(4)32)23(13-34-28)35-16(3)31/h6-11,23,26-29H,12-13H2,1-5H3/t23-,26-,27+,28-/m0/s1. The molecule has 2 aliphatic rings. The molecule has 9 nitrogen and oxygen atoms in total. The van der Waals surface area contributed by atoms with Gasteiger partial charge in [0.15, 0.2) is 24.5 Å². The first kappa shape index (κ1) is 24.8. The van der Waals surface area contributed by atoms with Gasteiger partial charge in [0.05, 0.1) is 12.1 Å². The second kappa shape index (κ2) is 9.55. The number of carbonyl (C=O) groups is 3. The number of aromatic nitrogens is 1. The van der Waals surface area contributed by atoms with E-state index in [1.165, 1.54) is 26.2 Å². The van der Waals surface area contributed by atoms with Crippen LogP contribution in [0.1, 0.15) is 43.0 Å². The number of hydrogen-bond acceptors (Lipinski definition) is 8. The number of benzene rings is 2. The molecule has 0 saturated carbocycles. The monoisotopic (exact) mass is 506 g/mol. The van der Waals surface area contributed by atoms with E-state index in [2.05, 4.69) is 31.0 Å². The van der Waals surface area contributed by atoms with E-state index in [1.807, 2.05) is 29.3 Å². The first-order valence-corrected chi connectivity index (χ1v) is 12.3. The Hall–Kier alpha value is -3.85. The Bertz CT molecular complexity index is 1440. The lowest BCUT2D eigenvalue weighted by Gasteiger charge is -2.45. The zero-order chi connectivity index (χ0) is 26.4. The third-order valence-corrected chi connectivity index (χ3v) is 7.06. The molecule has 0 radical (unpaired) electrons. The number of aromatic amines is 1. The van der Waals surface area contributed by atoms with E-state index in [9.17, 15) is 14.4 Å². The molecule has 1 fully saturated rings. The van der Waals surface area contributed by atoms with E-state index in [4.69, 9.17) is 18.9 Å². The summed E-state index contributed by atoms with van der Waals surface area (Å²) in [5.74, 6) is -1.69. The van der Waals surface area contributed by atoms with Gasteiger partial charge < -0.3 is 28.8 Å². The molecule has 9 heteroatoms. The maximum atomic E-state index is 12.1. The lowest BCUT2D eigenvalue weighted by molar-refractivity contribution is -0.246. The van der Waals surface area contributed by atoms with Crippen LogP contribution >= 0.6 is 0 Å². The van der Waals surface area contributed by atoms with Gasteiger partial charge in [-0.25, -0.2) is 0 Å². The number of rotatable bonds is 4. The molecule has 3 aromatic rings. The molecule has 0 spiro atoms. The van der Waals surface area contributed by atoms with E-state index < -0.39 is 42.4 Å². The number of ether oxygens (including phenoxy) is 4. The molecule has 2 aromatic carbocycles. The molecular formula is C28H30N2O7. The van der Waals surface area contributed by atoms with Crippen molar-refractivity contribution in [3.05, 3.63) is 52.7 Å². The van der Waals surface area contributed by atoms with E-state index in [1.54, 1.807) is 0 Å². The Morgan fingerprint density at radius 2 is 1.62 bits per heavy atom. The molecule has 0 amide bonds. The summed E-state index contributed by atoms with van der Waals surface area (Å²) < 4.78 is 22.6. The van der Waals surface area contributed by atoms with Crippen molar-refractivity contribution in [1.82, 2.24) is 9.88 Å². The fraction of sp³-hybridized carbons (Fsp3) is 0.393. The summed E-state index contributed by atoms with van der Waals surface area (Å²) in [6, 6.07) is 8.24. The van der Waals surface area contributed by atoms with Crippen molar-refractivity contribution in [3.63, 3.8) is 0 Å². The minimum absolute atomic E-state index is 0.0172. The molecule has 37 heavy (non-hydrogen) atoms. The van der Waals surface area contributed by atoms with Gasteiger partial charge in [0.2, 0.25) is 0 Å². The summed E-state index contributed by atoms with van der Waals surface area (Å²) in [6.07, 6.45) is 0.239. The lowest BCUT2D eigenvalue weighted by atomic mass is 9.90. The maximum absolute atomic E-state index is 12.1. The largest absolute Gasteiger partial charge is 0.456 e. The molecule has 1 saturated heterocycles. The van der Waals surface area contributed by atoms with Crippen LogP contribution in [0.15, 0.2) is 30.5 Å². The quantitative estimate of drug-likeness (QED) is 0.420. The smallest absolute Gasteiger partial charge is 0.303 e.